The van der Waals surface area contributed by atoms with E-state index >= 15 is 0 Å². The van der Waals surface area contributed by atoms with Gasteiger partial charge in [0.05, 0.1) is 5.41 Å². The number of aliphatic hydroxyl groups excluding tert-OH is 2. The molecule has 0 amide bonds. The first-order valence-electron chi connectivity index (χ1n) is 7.33. The van der Waals surface area contributed by atoms with E-state index in [2.05, 4.69) is 4.98 Å². The number of aliphatic hydroxyl groups is 2. The van der Waals surface area contributed by atoms with Crippen molar-refractivity contribution in [2.24, 2.45) is 5.41 Å². The number of ether oxygens (including phenoxy) is 2. The monoisotopic (exact) mass is 343 g/mol. The van der Waals surface area contributed by atoms with Gasteiger partial charge in [-0.05, 0) is 26.8 Å². The average Bonchev–Trinajstić information content (AvgIpc) is 2.79. The minimum Gasteiger partial charge on any atom is -0.462 e. The maximum atomic E-state index is 11.9. The number of nitrogens with one attached hydrogen (secondary N) is 1. The number of anilines is 1. The van der Waals surface area contributed by atoms with Gasteiger partial charge in [0.25, 0.3) is 0 Å². The van der Waals surface area contributed by atoms with Gasteiger partial charge in [-0.2, -0.15) is 4.98 Å². The van der Waals surface area contributed by atoms with Gasteiger partial charge in [-0.1, -0.05) is 0 Å². The number of esters is 1. The second kappa shape index (κ2) is 6.85. The lowest BCUT2D eigenvalue weighted by Crippen LogP contribution is -2.37. The Hall–Kier alpha value is -2.01. The zero-order valence-electron chi connectivity index (χ0n) is 13.5. The molecule has 4 N–H and O–H groups in total. The van der Waals surface area contributed by atoms with Gasteiger partial charge in [0, 0.05) is 6.20 Å². The summed E-state index contributed by atoms with van der Waals surface area (Å²) in [6.07, 6.45) is -3.68. The minimum atomic E-state index is -1.41. The molecule has 0 aliphatic carbocycles. The molecular weight excluding hydrogens is 322 g/mol. The fraction of sp³-hybridized carbons (Fsp3) is 0.643. The highest BCUT2D eigenvalue weighted by Crippen LogP contribution is 2.29. The van der Waals surface area contributed by atoms with Crippen LogP contribution in [0.15, 0.2) is 17.1 Å². The van der Waals surface area contributed by atoms with Crippen LogP contribution in [0.25, 0.3) is 0 Å². The molecular formula is C14H21N3O7. The molecule has 0 saturated carbocycles. The molecule has 134 valence electrons. The Morgan fingerprint density at radius 3 is 2.62 bits per heavy atom. The number of rotatable bonds is 4. The van der Waals surface area contributed by atoms with Crippen LogP contribution in [0.5, 0.6) is 0 Å². The van der Waals surface area contributed by atoms with Crippen LogP contribution < -0.4 is 11.2 Å². The van der Waals surface area contributed by atoms with E-state index < -0.39 is 41.6 Å². The van der Waals surface area contributed by atoms with E-state index in [9.17, 15) is 19.8 Å². The molecule has 0 aromatic carbocycles. The van der Waals surface area contributed by atoms with E-state index in [0.717, 1.165) is 4.57 Å². The van der Waals surface area contributed by atoms with Gasteiger partial charge in [0.2, 0.25) is 0 Å². The highest BCUT2D eigenvalue weighted by atomic mass is 16.6. The first kappa shape index (κ1) is 18.3. The molecule has 1 aliphatic rings. The van der Waals surface area contributed by atoms with Crippen molar-refractivity contribution >= 4 is 11.8 Å². The second-order valence-electron chi connectivity index (χ2n) is 6.51. The molecule has 0 unspecified atom stereocenters. The fourth-order valence-electron chi connectivity index (χ4n) is 2.14. The van der Waals surface area contributed by atoms with Crippen LogP contribution >= 0.6 is 0 Å². The van der Waals surface area contributed by atoms with Crippen molar-refractivity contribution in [2.75, 3.05) is 12.1 Å². The van der Waals surface area contributed by atoms with Crippen molar-refractivity contribution in [1.82, 2.24) is 9.55 Å². The number of carbonyl (C=O) groups is 1. The quantitative estimate of drug-likeness (QED) is 0.410. The van der Waals surface area contributed by atoms with Crippen LogP contribution in [0.1, 0.15) is 27.0 Å². The lowest BCUT2D eigenvalue weighted by atomic mass is 9.97. The summed E-state index contributed by atoms with van der Waals surface area (Å²) in [5, 5.41) is 28.8. The molecule has 24 heavy (non-hydrogen) atoms. The topological polar surface area (TPSA) is 143 Å². The Bertz CT molecular complexity index is 655. The SMILES string of the molecule is CC(C)(C)C(=O)OC[C@H]1O[C@@H](n2ccc(NO)nc2=O)[C@H](O)[C@@H]1O. The predicted molar refractivity (Wildman–Crippen MR) is 80.2 cm³/mol. The molecule has 1 saturated heterocycles. The van der Waals surface area contributed by atoms with Crippen LogP contribution in [-0.2, 0) is 14.3 Å². The lowest BCUT2D eigenvalue weighted by molar-refractivity contribution is -0.159. The molecule has 2 heterocycles. The molecule has 1 aromatic rings. The summed E-state index contributed by atoms with van der Waals surface area (Å²) in [4.78, 5) is 27.2. The summed E-state index contributed by atoms with van der Waals surface area (Å²) in [6, 6.07) is 1.29. The zero-order valence-corrected chi connectivity index (χ0v) is 13.5. The standard InChI is InChI=1S/C14H21N3O7/c1-14(2,3)12(20)23-6-7-9(18)10(19)11(24-7)17-5-4-8(16-22)15-13(17)21/h4-5,7,9-11,18-19,22H,6H2,1-3H3,(H,15,16,21)/t7-,9-,10-,11-/m1/s1. The molecule has 1 aromatic heterocycles. The lowest BCUT2D eigenvalue weighted by Gasteiger charge is -2.20. The van der Waals surface area contributed by atoms with Gasteiger partial charge in [-0.3, -0.25) is 20.0 Å². The van der Waals surface area contributed by atoms with Crippen LogP contribution in [0.3, 0.4) is 0 Å². The number of carbonyl (C=O) groups excluding carboxylic acids is 1. The van der Waals surface area contributed by atoms with E-state index in [4.69, 9.17) is 14.7 Å². The largest absolute Gasteiger partial charge is 0.462 e. The molecule has 1 fully saturated rings. The van der Waals surface area contributed by atoms with E-state index in [1.165, 1.54) is 12.3 Å². The van der Waals surface area contributed by atoms with E-state index in [0.29, 0.717) is 0 Å². The predicted octanol–water partition coefficient (Wildman–Crippen LogP) is -0.747. The molecule has 0 radical (unpaired) electrons. The maximum absolute atomic E-state index is 11.9. The van der Waals surface area contributed by atoms with Gasteiger partial charge in [0.15, 0.2) is 12.0 Å². The first-order chi connectivity index (χ1) is 11.1. The van der Waals surface area contributed by atoms with Gasteiger partial charge in [-0.25, -0.2) is 4.79 Å². The summed E-state index contributed by atoms with van der Waals surface area (Å²) in [5.74, 6) is -0.548. The van der Waals surface area contributed by atoms with Crippen LogP contribution in [0.4, 0.5) is 5.82 Å². The molecule has 2 rings (SSSR count). The highest BCUT2D eigenvalue weighted by Gasteiger charge is 2.45. The summed E-state index contributed by atoms with van der Waals surface area (Å²) < 4.78 is 11.5. The Morgan fingerprint density at radius 1 is 1.42 bits per heavy atom. The van der Waals surface area contributed by atoms with Gasteiger partial charge >= 0.3 is 11.7 Å². The van der Waals surface area contributed by atoms with Crippen LogP contribution in [0, 0.1) is 5.41 Å². The van der Waals surface area contributed by atoms with Crippen molar-refractivity contribution in [3.8, 4) is 0 Å². The average molecular weight is 343 g/mol. The Labute approximate surface area is 137 Å². The minimum absolute atomic E-state index is 0.0695. The molecule has 10 nitrogen and oxygen atoms in total. The van der Waals surface area contributed by atoms with E-state index in [1.807, 2.05) is 0 Å². The number of hydrogen-bond donors (Lipinski definition) is 4. The van der Waals surface area contributed by atoms with Gasteiger partial charge in [0.1, 0.15) is 24.9 Å². The Morgan fingerprint density at radius 2 is 2.08 bits per heavy atom. The molecule has 0 bridgehead atoms. The molecule has 10 heteroatoms. The number of hydrogen-bond acceptors (Lipinski definition) is 9. The summed E-state index contributed by atoms with van der Waals surface area (Å²) in [6.45, 7) is 4.78. The molecule has 1 aliphatic heterocycles. The molecule has 0 spiro atoms. The van der Waals surface area contributed by atoms with Crippen molar-refractivity contribution in [2.45, 2.75) is 45.3 Å². The van der Waals surface area contributed by atoms with Crippen LogP contribution in [0.2, 0.25) is 0 Å². The van der Waals surface area contributed by atoms with E-state index in [1.54, 1.807) is 26.3 Å². The third-order valence-corrected chi connectivity index (χ3v) is 3.55. The highest BCUT2D eigenvalue weighted by molar-refractivity contribution is 5.75. The first-order valence-corrected chi connectivity index (χ1v) is 7.33. The van der Waals surface area contributed by atoms with Crippen molar-refractivity contribution in [3.63, 3.8) is 0 Å². The van der Waals surface area contributed by atoms with Gasteiger partial charge in [-0.15, -0.1) is 0 Å². The van der Waals surface area contributed by atoms with Crippen molar-refractivity contribution in [3.05, 3.63) is 22.7 Å². The summed E-state index contributed by atoms with van der Waals surface area (Å²) >= 11 is 0. The maximum Gasteiger partial charge on any atom is 0.351 e. The second-order valence-corrected chi connectivity index (χ2v) is 6.51. The Kier molecular flexibility index (Phi) is 5.23. The van der Waals surface area contributed by atoms with Crippen molar-refractivity contribution in [1.29, 1.82) is 0 Å². The summed E-state index contributed by atoms with van der Waals surface area (Å²) in [5.41, 5.74) is 0.220. The number of aromatic nitrogens is 2. The van der Waals surface area contributed by atoms with Crippen molar-refractivity contribution < 1.29 is 29.7 Å². The third kappa shape index (κ3) is 3.73. The number of nitrogens with zero attached hydrogens (tertiary/aromatic N) is 2. The molecule has 4 atom stereocenters. The van der Waals surface area contributed by atoms with Gasteiger partial charge < -0.3 is 19.7 Å². The Balaban J connectivity index is 2.10. The van der Waals surface area contributed by atoms with E-state index in [-0.39, 0.29) is 12.4 Å². The summed E-state index contributed by atoms with van der Waals surface area (Å²) in [7, 11) is 0. The van der Waals surface area contributed by atoms with Crippen LogP contribution in [-0.4, -0.2) is 55.9 Å². The fourth-order valence-corrected chi connectivity index (χ4v) is 2.14. The zero-order chi connectivity index (χ0) is 18.1. The third-order valence-electron chi connectivity index (χ3n) is 3.55. The smallest absolute Gasteiger partial charge is 0.351 e. The normalized spacial score (nSPS) is 27.1.